The third-order valence-electron chi connectivity index (χ3n) is 3.50. The third-order valence-corrected chi connectivity index (χ3v) is 3.50. The molecule has 1 aliphatic carbocycles. The van der Waals surface area contributed by atoms with E-state index in [1.54, 1.807) is 0 Å². The summed E-state index contributed by atoms with van der Waals surface area (Å²) in [5, 5.41) is 12.1. The van der Waals surface area contributed by atoms with E-state index in [1.807, 2.05) is 0 Å². The zero-order chi connectivity index (χ0) is 10.9. The zero-order valence-corrected chi connectivity index (χ0v) is 8.79. The van der Waals surface area contributed by atoms with Gasteiger partial charge in [-0.2, -0.15) is 0 Å². The van der Waals surface area contributed by atoms with Crippen LogP contribution in [0, 0.1) is 0 Å². The highest BCUT2D eigenvalue weighted by molar-refractivity contribution is 5.87. The summed E-state index contributed by atoms with van der Waals surface area (Å²) in [4.78, 5) is 11.9. The quantitative estimate of drug-likeness (QED) is 0.570. The number of carbonyl (C=O) groups is 1. The first kappa shape index (κ1) is 10.9. The van der Waals surface area contributed by atoms with Gasteiger partial charge in [0.1, 0.15) is 5.54 Å². The predicted molar refractivity (Wildman–Crippen MR) is 54.2 cm³/mol. The first-order valence-corrected chi connectivity index (χ1v) is 5.40. The van der Waals surface area contributed by atoms with Gasteiger partial charge >= 0.3 is 0 Å². The van der Waals surface area contributed by atoms with Crippen molar-refractivity contribution in [2.75, 3.05) is 19.8 Å². The molecule has 1 unspecified atom stereocenters. The first-order chi connectivity index (χ1) is 7.10. The summed E-state index contributed by atoms with van der Waals surface area (Å²) in [5.41, 5.74) is 4.62. The number of carbonyl (C=O) groups excluding carboxylic acids is 1. The van der Waals surface area contributed by atoms with Crippen LogP contribution in [0.5, 0.6) is 0 Å². The van der Waals surface area contributed by atoms with Gasteiger partial charge in [-0.1, -0.05) is 0 Å². The molecule has 0 spiro atoms. The molecular formula is C10H18N2O3. The zero-order valence-electron chi connectivity index (χ0n) is 8.79. The van der Waals surface area contributed by atoms with Crippen molar-refractivity contribution in [2.45, 2.75) is 36.8 Å². The number of aliphatic hydroxyl groups excluding tert-OH is 1. The minimum atomic E-state index is -0.891. The van der Waals surface area contributed by atoms with Crippen molar-refractivity contribution in [1.29, 1.82) is 0 Å². The Labute approximate surface area is 89.0 Å². The topological polar surface area (TPSA) is 84.6 Å². The first-order valence-electron chi connectivity index (χ1n) is 5.40. The van der Waals surface area contributed by atoms with Crippen LogP contribution in [0.15, 0.2) is 0 Å². The Hall–Kier alpha value is -0.650. The van der Waals surface area contributed by atoms with Crippen LogP contribution in [-0.2, 0) is 9.53 Å². The Morgan fingerprint density at radius 1 is 1.47 bits per heavy atom. The Balaban J connectivity index is 1.96. The van der Waals surface area contributed by atoms with Gasteiger partial charge in [0.15, 0.2) is 0 Å². The molecule has 1 amide bonds. The summed E-state index contributed by atoms with van der Waals surface area (Å²) in [6.07, 6.45) is 3.29. The maximum atomic E-state index is 11.9. The molecule has 0 bridgehead atoms. The molecule has 2 fully saturated rings. The minimum Gasteiger partial charge on any atom is -0.394 e. The summed E-state index contributed by atoms with van der Waals surface area (Å²) < 4.78 is 5.13. The van der Waals surface area contributed by atoms with Crippen LogP contribution >= 0.6 is 0 Å². The molecule has 1 aliphatic heterocycles. The second-order valence-electron chi connectivity index (χ2n) is 4.70. The molecule has 1 heterocycles. The van der Waals surface area contributed by atoms with Crippen molar-refractivity contribution in [3.63, 3.8) is 0 Å². The highest BCUT2D eigenvalue weighted by Gasteiger charge is 2.44. The number of hydrogen-bond acceptors (Lipinski definition) is 4. The van der Waals surface area contributed by atoms with Gasteiger partial charge in [0, 0.05) is 6.61 Å². The number of ether oxygens (including phenoxy) is 1. The largest absolute Gasteiger partial charge is 0.394 e. The highest BCUT2D eigenvalue weighted by Crippen LogP contribution is 2.32. The van der Waals surface area contributed by atoms with Crippen LogP contribution in [0.2, 0.25) is 0 Å². The number of hydrogen-bond donors (Lipinski definition) is 3. The lowest BCUT2D eigenvalue weighted by Gasteiger charge is -2.42. The van der Waals surface area contributed by atoms with Crippen molar-refractivity contribution in [3.05, 3.63) is 0 Å². The normalized spacial score (nSPS) is 33.5. The van der Waals surface area contributed by atoms with Gasteiger partial charge in [-0.25, -0.2) is 0 Å². The van der Waals surface area contributed by atoms with Gasteiger partial charge in [0.2, 0.25) is 5.91 Å². The minimum absolute atomic E-state index is 0.00429. The molecule has 1 saturated carbocycles. The fourth-order valence-electron chi connectivity index (χ4n) is 2.05. The monoisotopic (exact) mass is 214 g/mol. The van der Waals surface area contributed by atoms with Crippen LogP contribution in [0.25, 0.3) is 0 Å². The van der Waals surface area contributed by atoms with Crippen LogP contribution in [-0.4, -0.2) is 41.9 Å². The van der Waals surface area contributed by atoms with E-state index in [1.165, 1.54) is 0 Å². The molecule has 15 heavy (non-hydrogen) atoms. The van der Waals surface area contributed by atoms with Gasteiger partial charge < -0.3 is 20.9 Å². The molecule has 0 aromatic heterocycles. The van der Waals surface area contributed by atoms with Gasteiger partial charge in [0.25, 0.3) is 0 Å². The van der Waals surface area contributed by atoms with E-state index in [0.29, 0.717) is 13.0 Å². The Kier molecular flexibility index (Phi) is 2.70. The lowest BCUT2D eigenvalue weighted by molar-refractivity contribution is -0.130. The van der Waals surface area contributed by atoms with Crippen molar-refractivity contribution in [1.82, 2.24) is 5.32 Å². The summed E-state index contributed by atoms with van der Waals surface area (Å²) in [6, 6.07) is 0. The Bertz CT molecular complexity index is 252. The fourth-order valence-corrected chi connectivity index (χ4v) is 2.05. The average Bonchev–Trinajstić information content (AvgIpc) is 2.60. The van der Waals surface area contributed by atoms with E-state index in [-0.39, 0.29) is 19.1 Å². The van der Waals surface area contributed by atoms with Crippen LogP contribution in [0.4, 0.5) is 0 Å². The van der Waals surface area contributed by atoms with Gasteiger partial charge in [-0.05, 0) is 25.7 Å². The highest BCUT2D eigenvalue weighted by atomic mass is 16.5. The van der Waals surface area contributed by atoms with Crippen molar-refractivity contribution >= 4 is 5.91 Å². The summed E-state index contributed by atoms with van der Waals surface area (Å²) in [7, 11) is 0. The number of amides is 1. The summed E-state index contributed by atoms with van der Waals surface area (Å²) >= 11 is 0. The smallest absolute Gasteiger partial charge is 0.243 e. The second kappa shape index (κ2) is 3.73. The van der Waals surface area contributed by atoms with Crippen LogP contribution in [0.3, 0.4) is 0 Å². The molecule has 0 aromatic rings. The summed E-state index contributed by atoms with van der Waals surface area (Å²) in [5.74, 6) is -0.186. The molecule has 4 N–H and O–H groups in total. The van der Waals surface area contributed by atoms with E-state index < -0.39 is 11.1 Å². The predicted octanol–water partition coefficient (Wildman–Crippen LogP) is -0.865. The molecule has 2 aliphatic rings. The fraction of sp³-hybridized carbons (Fsp3) is 0.900. The maximum Gasteiger partial charge on any atom is 0.243 e. The third kappa shape index (κ3) is 1.87. The number of aliphatic hydroxyl groups is 1. The molecule has 2 rings (SSSR count). The average molecular weight is 214 g/mol. The lowest BCUT2D eigenvalue weighted by atomic mass is 9.76. The standard InChI is InChI=1S/C10H18N2O3/c11-10(4-5-15-7-10)8(14)12-9(6-13)2-1-3-9/h13H,1-7,11H2,(H,12,14). The van der Waals surface area contributed by atoms with Crippen LogP contribution < -0.4 is 11.1 Å². The maximum absolute atomic E-state index is 11.9. The molecule has 0 aromatic carbocycles. The molecule has 1 saturated heterocycles. The van der Waals surface area contributed by atoms with E-state index in [9.17, 15) is 9.90 Å². The van der Waals surface area contributed by atoms with E-state index in [0.717, 1.165) is 19.3 Å². The van der Waals surface area contributed by atoms with Gasteiger partial charge in [-0.15, -0.1) is 0 Å². The molecule has 1 atom stereocenters. The number of rotatable bonds is 3. The van der Waals surface area contributed by atoms with Crippen molar-refractivity contribution < 1.29 is 14.6 Å². The lowest BCUT2D eigenvalue weighted by Crippen LogP contribution is -2.64. The summed E-state index contributed by atoms with van der Waals surface area (Å²) in [6.45, 7) is 0.812. The van der Waals surface area contributed by atoms with Gasteiger partial charge in [-0.3, -0.25) is 4.79 Å². The Morgan fingerprint density at radius 3 is 2.60 bits per heavy atom. The molecule has 5 nitrogen and oxygen atoms in total. The SMILES string of the molecule is NC1(C(=O)NC2(CO)CCC2)CCOC1. The molecule has 5 heteroatoms. The van der Waals surface area contributed by atoms with Crippen molar-refractivity contribution in [3.8, 4) is 0 Å². The van der Waals surface area contributed by atoms with E-state index in [2.05, 4.69) is 5.32 Å². The molecule has 0 radical (unpaired) electrons. The van der Waals surface area contributed by atoms with Crippen molar-refractivity contribution in [2.24, 2.45) is 5.73 Å². The molecular weight excluding hydrogens is 196 g/mol. The van der Waals surface area contributed by atoms with Crippen LogP contribution in [0.1, 0.15) is 25.7 Å². The van der Waals surface area contributed by atoms with Gasteiger partial charge in [0.05, 0.1) is 18.8 Å². The van der Waals surface area contributed by atoms with E-state index in [4.69, 9.17) is 10.5 Å². The number of nitrogens with two attached hydrogens (primary N) is 1. The number of nitrogens with one attached hydrogen (secondary N) is 1. The van der Waals surface area contributed by atoms with E-state index >= 15 is 0 Å². The Morgan fingerprint density at radius 2 is 2.20 bits per heavy atom. The molecule has 86 valence electrons. The second-order valence-corrected chi connectivity index (χ2v) is 4.70.